The molecule has 2 aromatic carbocycles. The topological polar surface area (TPSA) is 64.4 Å². The number of fused-ring (bicyclic) bond motifs is 1. The smallest absolute Gasteiger partial charge is 0.404 e. The Bertz CT molecular complexity index is 1170. The van der Waals surface area contributed by atoms with Crippen molar-refractivity contribution in [3.05, 3.63) is 48.8 Å². The molecule has 0 N–H and O–H groups in total. The molecule has 1 aliphatic rings. The Balaban J connectivity index is 1.80. The molecule has 30 heavy (non-hydrogen) atoms. The number of alkyl halides is 3. The monoisotopic (exact) mass is 439 g/mol. The number of nitrogens with zero attached hydrogens (tertiary/aromatic N) is 3. The number of anilines is 1. The van der Waals surface area contributed by atoms with Gasteiger partial charge in [0, 0.05) is 13.1 Å². The molecule has 1 aromatic heterocycles. The van der Waals surface area contributed by atoms with Crippen molar-refractivity contribution < 1.29 is 26.3 Å². The van der Waals surface area contributed by atoms with Gasteiger partial charge in [-0.25, -0.2) is 17.4 Å². The van der Waals surface area contributed by atoms with Crippen LogP contribution in [-0.4, -0.2) is 36.8 Å². The number of para-hydroxylation sites is 2. The van der Waals surface area contributed by atoms with Crippen LogP contribution < -0.4 is 9.64 Å². The first-order chi connectivity index (χ1) is 14.2. The third-order valence-corrected chi connectivity index (χ3v) is 6.83. The number of imidazole rings is 1. The molecule has 0 spiro atoms. The van der Waals surface area contributed by atoms with Crippen LogP contribution in [0.5, 0.6) is 5.75 Å². The molecule has 160 valence electrons. The Kier molecular flexibility index (Phi) is 5.13. The average Bonchev–Trinajstić information content (AvgIpc) is 3.12. The lowest BCUT2D eigenvalue weighted by atomic mass is 9.99. The van der Waals surface area contributed by atoms with E-state index in [-0.39, 0.29) is 0 Å². The molecule has 3 aromatic rings. The summed E-state index contributed by atoms with van der Waals surface area (Å²) in [6, 6.07) is 9.87. The van der Waals surface area contributed by atoms with Crippen molar-refractivity contribution in [2.75, 3.05) is 18.0 Å². The maximum Gasteiger partial charge on any atom is 0.573 e. The highest BCUT2D eigenvalue weighted by molar-refractivity contribution is 7.90. The van der Waals surface area contributed by atoms with Gasteiger partial charge < -0.3 is 9.64 Å². The van der Waals surface area contributed by atoms with Crippen LogP contribution in [0, 0.1) is 5.92 Å². The first-order valence-electron chi connectivity index (χ1n) is 9.48. The van der Waals surface area contributed by atoms with E-state index < -0.39 is 27.0 Å². The average molecular weight is 439 g/mol. The number of hydrogen-bond acceptors (Lipinski definition) is 5. The first kappa shape index (κ1) is 20.5. The quantitative estimate of drug-likeness (QED) is 0.603. The minimum Gasteiger partial charge on any atom is -0.404 e. The van der Waals surface area contributed by atoms with Crippen molar-refractivity contribution in [3.63, 3.8) is 0 Å². The molecule has 0 bridgehead atoms. The molecule has 6 nitrogen and oxygen atoms in total. The van der Waals surface area contributed by atoms with E-state index >= 15 is 0 Å². The second-order valence-electron chi connectivity index (χ2n) is 7.38. The summed E-state index contributed by atoms with van der Waals surface area (Å²) >= 11 is 0. The van der Waals surface area contributed by atoms with E-state index in [9.17, 15) is 21.6 Å². The molecule has 1 atom stereocenters. The van der Waals surface area contributed by atoms with Gasteiger partial charge in [0.25, 0.3) is 10.0 Å². The zero-order valence-electron chi connectivity index (χ0n) is 16.1. The SMILES string of the molecule is CC1CCCN(c2cccc3c2ncn3S(=O)(=O)c2ccccc2OC(F)(F)F)C1. The molecule has 0 saturated carbocycles. The van der Waals surface area contributed by atoms with Crippen molar-refractivity contribution in [3.8, 4) is 5.75 Å². The van der Waals surface area contributed by atoms with E-state index in [0.29, 0.717) is 17.0 Å². The highest BCUT2D eigenvalue weighted by Gasteiger charge is 2.35. The third-order valence-electron chi connectivity index (χ3n) is 5.13. The summed E-state index contributed by atoms with van der Waals surface area (Å²) in [7, 11) is -4.37. The molecule has 2 heterocycles. The number of ether oxygens (including phenoxy) is 1. The normalized spacial score (nSPS) is 18.0. The van der Waals surface area contributed by atoms with Crippen LogP contribution in [-0.2, 0) is 10.0 Å². The highest BCUT2D eigenvalue weighted by Crippen LogP contribution is 2.34. The predicted molar refractivity (Wildman–Crippen MR) is 106 cm³/mol. The van der Waals surface area contributed by atoms with E-state index in [1.54, 1.807) is 12.1 Å². The van der Waals surface area contributed by atoms with Gasteiger partial charge in [0.2, 0.25) is 0 Å². The highest BCUT2D eigenvalue weighted by atomic mass is 32.2. The van der Waals surface area contributed by atoms with Crippen molar-refractivity contribution in [2.45, 2.75) is 31.0 Å². The van der Waals surface area contributed by atoms with Crippen LogP contribution in [0.2, 0.25) is 0 Å². The molecule has 1 aliphatic heterocycles. The van der Waals surface area contributed by atoms with Gasteiger partial charge in [-0.15, -0.1) is 13.2 Å². The fourth-order valence-electron chi connectivity index (χ4n) is 3.84. The Morgan fingerprint density at radius 1 is 1.13 bits per heavy atom. The minimum atomic E-state index is -5.01. The Morgan fingerprint density at radius 3 is 2.63 bits per heavy atom. The zero-order valence-corrected chi connectivity index (χ0v) is 16.9. The van der Waals surface area contributed by atoms with Gasteiger partial charge in [-0.2, -0.15) is 0 Å². The van der Waals surface area contributed by atoms with E-state index in [1.165, 1.54) is 12.1 Å². The fourth-order valence-corrected chi connectivity index (χ4v) is 5.24. The van der Waals surface area contributed by atoms with Gasteiger partial charge in [0.1, 0.15) is 22.5 Å². The second-order valence-corrected chi connectivity index (χ2v) is 9.16. The minimum absolute atomic E-state index is 0.299. The number of piperidine rings is 1. The van der Waals surface area contributed by atoms with Crippen LogP contribution in [0.3, 0.4) is 0 Å². The van der Waals surface area contributed by atoms with Crippen molar-refractivity contribution in [2.24, 2.45) is 5.92 Å². The predicted octanol–water partition coefficient (Wildman–Crippen LogP) is 4.41. The van der Waals surface area contributed by atoms with Crippen molar-refractivity contribution >= 4 is 26.7 Å². The summed E-state index contributed by atoms with van der Waals surface area (Å²) in [6.07, 6.45) is -1.73. The molecule has 1 fully saturated rings. The Morgan fingerprint density at radius 2 is 1.90 bits per heavy atom. The maximum absolute atomic E-state index is 13.2. The van der Waals surface area contributed by atoms with E-state index in [2.05, 4.69) is 21.5 Å². The Labute approximate surface area is 171 Å². The second kappa shape index (κ2) is 7.50. The lowest BCUT2D eigenvalue weighted by Gasteiger charge is -2.32. The molecular formula is C20H20F3N3O3S. The van der Waals surface area contributed by atoms with E-state index in [0.717, 1.165) is 54.1 Å². The number of halogens is 3. The summed E-state index contributed by atoms with van der Waals surface area (Å²) in [5, 5.41) is 0. The van der Waals surface area contributed by atoms with Gasteiger partial charge in [-0.05, 0) is 43.0 Å². The number of aromatic nitrogens is 2. The fraction of sp³-hybridized carbons (Fsp3) is 0.350. The number of hydrogen-bond donors (Lipinski definition) is 0. The Hall–Kier alpha value is -2.75. The molecule has 1 saturated heterocycles. The molecule has 0 aliphatic carbocycles. The van der Waals surface area contributed by atoms with Crippen molar-refractivity contribution in [1.29, 1.82) is 0 Å². The van der Waals surface area contributed by atoms with Gasteiger partial charge in [0.15, 0.2) is 0 Å². The van der Waals surface area contributed by atoms with Gasteiger partial charge in [-0.1, -0.05) is 25.1 Å². The van der Waals surface area contributed by atoms with Crippen LogP contribution in [0.1, 0.15) is 19.8 Å². The van der Waals surface area contributed by atoms with Gasteiger partial charge in [-0.3, -0.25) is 0 Å². The third kappa shape index (κ3) is 3.83. The van der Waals surface area contributed by atoms with Crippen LogP contribution in [0.15, 0.2) is 53.7 Å². The van der Waals surface area contributed by atoms with Crippen molar-refractivity contribution in [1.82, 2.24) is 8.96 Å². The summed E-state index contributed by atoms with van der Waals surface area (Å²) in [5.74, 6) is -0.279. The molecule has 1 unspecified atom stereocenters. The lowest BCUT2D eigenvalue weighted by molar-refractivity contribution is -0.275. The summed E-state index contributed by atoms with van der Waals surface area (Å²) in [4.78, 5) is 5.88. The van der Waals surface area contributed by atoms with Crippen LogP contribution >= 0.6 is 0 Å². The molecule has 4 rings (SSSR count). The van der Waals surface area contributed by atoms with Crippen LogP contribution in [0.25, 0.3) is 11.0 Å². The van der Waals surface area contributed by atoms with E-state index in [1.807, 2.05) is 6.07 Å². The molecule has 0 amide bonds. The number of benzene rings is 2. The molecular weight excluding hydrogens is 419 g/mol. The lowest BCUT2D eigenvalue weighted by Crippen LogP contribution is -2.34. The maximum atomic E-state index is 13.2. The summed E-state index contributed by atoms with van der Waals surface area (Å²) in [6.45, 7) is 3.83. The van der Waals surface area contributed by atoms with Crippen LogP contribution in [0.4, 0.5) is 18.9 Å². The van der Waals surface area contributed by atoms with Gasteiger partial charge >= 0.3 is 6.36 Å². The van der Waals surface area contributed by atoms with E-state index in [4.69, 9.17) is 0 Å². The zero-order chi connectivity index (χ0) is 21.5. The standard InChI is InChI=1S/C20H20F3N3O3S/c1-14-6-5-11-25(12-14)15-7-4-8-16-19(15)24-13-26(16)30(27,28)18-10-3-2-9-17(18)29-20(21,22)23/h2-4,7-10,13-14H,5-6,11-12H2,1H3. The first-order valence-corrected chi connectivity index (χ1v) is 10.9. The summed E-state index contributed by atoms with van der Waals surface area (Å²) in [5.41, 5.74) is 1.60. The summed E-state index contributed by atoms with van der Waals surface area (Å²) < 4.78 is 69.5. The largest absolute Gasteiger partial charge is 0.573 e. The molecule has 0 radical (unpaired) electrons. The van der Waals surface area contributed by atoms with Gasteiger partial charge in [0.05, 0.1) is 11.2 Å². The number of rotatable bonds is 4. The molecule has 10 heteroatoms.